The van der Waals surface area contributed by atoms with Gasteiger partial charge in [-0.15, -0.1) is 0 Å². The second-order valence-electron chi connectivity index (χ2n) is 6.39. The molecule has 1 unspecified atom stereocenters. The molecule has 3 amide bonds. The topological polar surface area (TPSA) is 119 Å². The van der Waals surface area contributed by atoms with Crippen LogP contribution in [0.1, 0.15) is 19.4 Å². The number of carbonyl (C=O) groups is 2. The van der Waals surface area contributed by atoms with Crippen molar-refractivity contribution in [1.29, 1.82) is 0 Å². The first-order valence-corrected chi connectivity index (χ1v) is 10.0. The molecule has 2 aromatic rings. The summed E-state index contributed by atoms with van der Waals surface area (Å²) in [6.07, 6.45) is 0.313. The Bertz CT molecular complexity index is 810. The molecule has 0 saturated heterocycles. The van der Waals surface area contributed by atoms with Gasteiger partial charge in [0.25, 0.3) is 0 Å². The van der Waals surface area contributed by atoms with Crippen molar-refractivity contribution < 1.29 is 24.0 Å². The van der Waals surface area contributed by atoms with E-state index in [9.17, 15) is 13.8 Å². The third kappa shape index (κ3) is 7.65. The minimum absolute atomic E-state index is 0. The molecule has 9 heteroatoms. The number of urea groups is 1. The SMILES string of the molecule is Cc1ccc(Oc2ccc(S(=O)N(CCNC(=O)NC=O)C(C)C)cc2)cc1.O. The van der Waals surface area contributed by atoms with Crippen molar-refractivity contribution in [2.24, 2.45) is 0 Å². The van der Waals surface area contributed by atoms with Crippen LogP contribution in [0.5, 0.6) is 11.5 Å². The molecule has 0 aliphatic carbocycles. The van der Waals surface area contributed by atoms with Crippen LogP contribution < -0.4 is 15.4 Å². The average molecular weight is 422 g/mol. The molecule has 29 heavy (non-hydrogen) atoms. The number of nitrogens with zero attached hydrogens (tertiary/aromatic N) is 1. The van der Waals surface area contributed by atoms with Gasteiger partial charge in [0.15, 0.2) is 0 Å². The van der Waals surface area contributed by atoms with E-state index in [2.05, 4.69) is 5.32 Å². The molecule has 0 radical (unpaired) electrons. The van der Waals surface area contributed by atoms with Crippen LogP contribution in [-0.2, 0) is 15.8 Å². The quantitative estimate of drug-likeness (QED) is 0.603. The Labute approximate surface area is 173 Å². The minimum Gasteiger partial charge on any atom is -0.457 e. The van der Waals surface area contributed by atoms with Crippen LogP contribution >= 0.6 is 0 Å². The van der Waals surface area contributed by atoms with E-state index < -0.39 is 17.0 Å². The molecule has 0 aliphatic heterocycles. The number of ether oxygens (including phenoxy) is 1. The zero-order valence-corrected chi connectivity index (χ0v) is 17.5. The largest absolute Gasteiger partial charge is 0.457 e. The fourth-order valence-corrected chi connectivity index (χ4v) is 3.70. The highest BCUT2D eigenvalue weighted by atomic mass is 32.2. The van der Waals surface area contributed by atoms with E-state index >= 15 is 0 Å². The van der Waals surface area contributed by atoms with Gasteiger partial charge >= 0.3 is 6.03 Å². The van der Waals surface area contributed by atoms with Crippen LogP contribution in [0.4, 0.5) is 4.79 Å². The maximum Gasteiger partial charge on any atom is 0.321 e. The Kier molecular flexibility index (Phi) is 10.0. The summed E-state index contributed by atoms with van der Waals surface area (Å²) in [6, 6.07) is 14.3. The van der Waals surface area contributed by atoms with E-state index in [1.807, 2.05) is 50.4 Å². The van der Waals surface area contributed by atoms with Crippen LogP contribution in [0.25, 0.3) is 0 Å². The van der Waals surface area contributed by atoms with Gasteiger partial charge in [-0.2, -0.15) is 0 Å². The summed E-state index contributed by atoms with van der Waals surface area (Å²) in [6.45, 7) is 6.51. The zero-order valence-electron chi connectivity index (χ0n) is 16.7. The normalized spacial score (nSPS) is 11.5. The molecule has 0 aliphatic rings. The van der Waals surface area contributed by atoms with Crippen molar-refractivity contribution in [3.63, 3.8) is 0 Å². The van der Waals surface area contributed by atoms with Gasteiger partial charge in [-0.3, -0.25) is 10.1 Å². The molecule has 0 spiro atoms. The first-order chi connectivity index (χ1) is 13.4. The lowest BCUT2D eigenvalue weighted by molar-refractivity contribution is -0.108. The lowest BCUT2D eigenvalue weighted by atomic mass is 10.2. The maximum atomic E-state index is 12.9. The molecular weight excluding hydrogens is 394 g/mol. The smallest absolute Gasteiger partial charge is 0.321 e. The molecule has 4 N–H and O–H groups in total. The van der Waals surface area contributed by atoms with Gasteiger partial charge in [-0.05, 0) is 57.2 Å². The Morgan fingerprint density at radius 1 is 1.10 bits per heavy atom. The summed E-state index contributed by atoms with van der Waals surface area (Å²) >= 11 is 0. The fraction of sp³-hybridized carbons (Fsp3) is 0.300. The number of amides is 3. The van der Waals surface area contributed by atoms with E-state index in [0.717, 1.165) is 11.3 Å². The fourth-order valence-electron chi connectivity index (χ4n) is 2.42. The van der Waals surface area contributed by atoms with Gasteiger partial charge in [0.2, 0.25) is 6.41 Å². The highest BCUT2D eigenvalue weighted by Gasteiger charge is 2.18. The monoisotopic (exact) mass is 421 g/mol. The molecule has 0 saturated carbocycles. The van der Waals surface area contributed by atoms with Crippen molar-refractivity contribution in [3.05, 3.63) is 54.1 Å². The van der Waals surface area contributed by atoms with E-state index in [4.69, 9.17) is 4.74 Å². The van der Waals surface area contributed by atoms with Gasteiger partial charge in [-0.1, -0.05) is 17.7 Å². The summed E-state index contributed by atoms with van der Waals surface area (Å²) < 4.78 is 20.5. The van der Waals surface area contributed by atoms with Crippen molar-refractivity contribution in [1.82, 2.24) is 14.9 Å². The van der Waals surface area contributed by atoms with E-state index in [-0.39, 0.29) is 18.1 Å². The molecule has 158 valence electrons. The van der Waals surface area contributed by atoms with Gasteiger partial charge in [0, 0.05) is 19.1 Å². The summed E-state index contributed by atoms with van der Waals surface area (Å²) in [5, 5.41) is 4.54. The van der Waals surface area contributed by atoms with E-state index in [1.165, 1.54) is 0 Å². The van der Waals surface area contributed by atoms with Crippen LogP contribution in [-0.4, -0.2) is 45.6 Å². The minimum atomic E-state index is -1.39. The second-order valence-corrected chi connectivity index (χ2v) is 7.83. The number of benzene rings is 2. The third-order valence-corrected chi connectivity index (χ3v) is 5.58. The first-order valence-electron chi connectivity index (χ1n) is 8.92. The van der Waals surface area contributed by atoms with Gasteiger partial charge in [0.05, 0.1) is 4.90 Å². The average Bonchev–Trinajstić information content (AvgIpc) is 2.67. The lowest BCUT2D eigenvalue weighted by Gasteiger charge is -2.25. The number of rotatable bonds is 9. The van der Waals surface area contributed by atoms with Gasteiger partial charge in [0.1, 0.15) is 22.5 Å². The highest BCUT2D eigenvalue weighted by molar-refractivity contribution is 7.82. The summed E-state index contributed by atoms with van der Waals surface area (Å²) in [5.41, 5.74) is 1.16. The Balaban J connectivity index is 0.00000420. The third-order valence-electron chi connectivity index (χ3n) is 3.88. The molecule has 2 rings (SSSR count). The second kappa shape index (κ2) is 11.9. The molecule has 8 nitrogen and oxygen atoms in total. The first kappa shape index (κ1) is 24.3. The van der Waals surface area contributed by atoms with Gasteiger partial charge in [-0.25, -0.2) is 13.3 Å². The summed E-state index contributed by atoms with van der Waals surface area (Å²) in [5.74, 6) is 1.40. The van der Waals surface area contributed by atoms with Crippen molar-refractivity contribution in [3.8, 4) is 11.5 Å². The molecule has 2 aromatic carbocycles. The molecule has 0 aromatic heterocycles. The summed E-state index contributed by atoms with van der Waals surface area (Å²) in [7, 11) is -1.39. The van der Waals surface area contributed by atoms with Crippen LogP contribution in [0, 0.1) is 6.92 Å². The highest BCUT2D eigenvalue weighted by Crippen LogP contribution is 2.23. The lowest BCUT2D eigenvalue weighted by Crippen LogP contribution is -2.42. The number of aryl methyl sites for hydroxylation is 1. The van der Waals surface area contributed by atoms with E-state index in [1.54, 1.807) is 28.6 Å². The number of hydrogen-bond donors (Lipinski definition) is 2. The zero-order chi connectivity index (χ0) is 20.5. The number of imide groups is 1. The number of carbonyl (C=O) groups excluding carboxylic acids is 2. The van der Waals surface area contributed by atoms with E-state index in [0.29, 0.717) is 23.6 Å². The number of nitrogens with one attached hydrogen (secondary N) is 2. The Hall–Kier alpha value is -2.75. The molecule has 0 heterocycles. The molecule has 1 atom stereocenters. The van der Waals surface area contributed by atoms with Crippen molar-refractivity contribution >= 4 is 23.4 Å². The number of hydrogen-bond acceptors (Lipinski definition) is 4. The Morgan fingerprint density at radius 3 is 2.17 bits per heavy atom. The van der Waals surface area contributed by atoms with Crippen LogP contribution in [0.15, 0.2) is 53.4 Å². The van der Waals surface area contributed by atoms with Crippen LogP contribution in [0.2, 0.25) is 0 Å². The predicted octanol–water partition coefficient (Wildman–Crippen LogP) is 2.15. The summed E-state index contributed by atoms with van der Waals surface area (Å²) in [4.78, 5) is 22.1. The molecule has 0 bridgehead atoms. The predicted molar refractivity (Wildman–Crippen MR) is 112 cm³/mol. The van der Waals surface area contributed by atoms with Crippen molar-refractivity contribution in [2.75, 3.05) is 13.1 Å². The maximum absolute atomic E-state index is 12.9. The standard InChI is InChI=1S/C20H25N3O4S.H2O/c1-15(2)23(13-12-21-20(25)22-14-24)28(26)19-10-8-18(9-11-19)27-17-6-4-16(3)5-7-17;/h4-11,14-15H,12-13H2,1-3H3,(H2,21,22,24,25);1H2. The molecule has 0 fully saturated rings. The molecular formula is C20H27N3O5S. The van der Waals surface area contributed by atoms with Crippen LogP contribution in [0.3, 0.4) is 0 Å². The Morgan fingerprint density at radius 2 is 1.66 bits per heavy atom. The van der Waals surface area contributed by atoms with Gasteiger partial charge < -0.3 is 15.5 Å². The van der Waals surface area contributed by atoms with Crippen molar-refractivity contribution in [2.45, 2.75) is 31.7 Å².